The predicted octanol–water partition coefficient (Wildman–Crippen LogP) is 2.85. The molecular weight excluding hydrogens is 270 g/mol. The summed E-state index contributed by atoms with van der Waals surface area (Å²) in [6.07, 6.45) is 2.86. The van der Waals surface area contributed by atoms with Crippen LogP contribution in [-0.4, -0.2) is 29.7 Å². The minimum Gasteiger partial charge on any atom is -0.478 e. The Balaban J connectivity index is 2.76. The Morgan fingerprint density at radius 1 is 1.38 bits per heavy atom. The predicted molar refractivity (Wildman–Crippen MR) is 82.2 cm³/mol. The van der Waals surface area contributed by atoms with Gasteiger partial charge in [0.2, 0.25) is 5.91 Å². The van der Waals surface area contributed by atoms with Crippen LogP contribution in [0.2, 0.25) is 0 Å². The van der Waals surface area contributed by atoms with E-state index in [4.69, 9.17) is 9.84 Å². The summed E-state index contributed by atoms with van der Waals surface area (Å²) in [6, 6.07) is 5.32. The van der Waals surface area contributed by atoms with Crippen LogP contribution in [0.1, 0.15) is 31.4 Å². The molecule has 0 spiro atoms. The Bertz CT molecular complexity index is 561. The van der Waals surface area contributed by atoms with E-state index in [0.717, 1.165) is 17.2 Å². The molecule has 2 N–H and O–H groups in total. The Morgan fingerprint density at radius 3 is 2.57 bits per heavy atom. The third-order valence-electron chi connectivity index (χ3n) is 3.10. The lowest BCUT2D eigenvalue weighted by Crippen LogP contribution is -2.29. The zero-order chi connectivity index (χ0) is 16.0. The normalized spacial score (nSPS) is 11.6. The maximum atomic E-state index is 11.9. The van der Waals surface area contributed by atoms with Gasteiger partial charge in [0.05, 0.1) is 12.0 Å². The van der Waals surface area contributed by atoms with Crippen molar-refractivity contribution in [3.63, 3.8) is 0 Å². The zero-order valence-electron chi connectivity index (χ0n) is 12.8. The largest absolute Gasteiger partial charge is 0.478 e. The lowest BCUT2D eigenvalue weighted by molar-refractivity contribution is -0.131. The molecule has 0 radical (unpaired) electrons. The SMILES string of the molecule is COC(C)(C)CC(=O)Nc1ccc(/C=C/C(=O)O)c(C)c1. The highest BCUT2D eigenvalue weighted by Gasteiger charge is 2.21. The van der Waals surface area contributed by atoms with Crippen molar-refractivity contribution in [2.45, 2.75) is 32.8 Å². The van der Waals surface area contributed by atoms with Crippen LogP contribution in [0.4, 0.5) is 5.69 Å². The summed E-state index contributed by atoms with van der Waals surface area (Å²) in [6.45, 7) is 5.55. The van der Waals surface area contributed by atoms with Crippen molar-refractivity contribution in [2.75, 3.05) is 12.4 Å². The van der Waals surface area contributed by atoms with Gasteiger partial charge in [-0.15, -0.1) is 0 Å². The van der Waals surface area contributed by atoms with E-state index in [1.807, 2.05) is 20.8 Å². The van der Waals surface area contributed by atoms with Crippen LogP contribution in [-0.2, 0) is 14.3 Å². The number of anilines is 1. The number of carbonyl (C=O) groups is 2. The molecule has 1 aromatic carbocycles. The van der Waals surface area contributed by atoms with E-state index in [0.29, 0.717) is 5.69 Å². The monoisotopic (exact) mass is 291 g/mol. The first-order chi connectivity index (χ1) is 9.73. The summed E-state index contributed by atoms with van der Waals surface area (Å²) < 4.78 is 5.22. The number of carboxylic acids is 1. The van der Waals surface area contributed by atoms with E-state index in [1.54, 1.807) is 25.3 Å². The molecule has 0 aliphatic rings. The molecule has 0 aromatic heterocycles. The third-order valence-corrected chi connectivity index (χ3v) is 3.10. The van der Waals surface area contributed by atoms with E-state index in [-0.39, 0.29) is 12.3 Å². The number of aryl methyl sites for hydroxylation is 1. The fraction of sp³-hybridized carbons (Fsp3) is 0.375. The van der Waals surface area contributed by atoms with E-state index in [9.17, 15) is 9.59 Å². The van der Waals surface area contributed by atoms with Crippen LogP contribution in [0.15, 0.2) is 24.3 Å². The van der Waals surface area contributed by atoms with Crippen molar-refractivity contribution >= 4 is 23.6 Å². The maximum Gasteiger partial charge on any atom is 0.328 e. The summed E-state index contributed by atoms with van der Waals surface area (Å²) in [5, 5.41) is 11.4. The summed E-state index contributed by atoms with van der Waals surface area (Å²) in [5.74, 6) is -1.12. The molecule has 21 heavy (non-hydrogen) atoms. The molecule has 5 heteroatoms. The smallest absolute Gasteiger partial charge is 0.328 e. The van der Waals surface area contributed by atoms with Gasteiger partial charge in [0.25, 0.3) is 0 Å². The molecule has 0 saturated heterocycles. The summed E-state index contributed by atoms with van der Waals surface area (Å²) in [5.41, 5.74) is 1.85. The number of carboxylic acid groups (broad SMARTS) is 1. The van der Waals surface area contributed by atoms with E-state index < -0.39 is 11.6 Å². The van der Waals surface area contributed by atoms with Crippen molar-refractivity contribution in [3.05, 3.63) is 35.4 Å². The summed E-state index contributed by atoms with van der Waals surface area (Å²) in [7, 11) is 1.57. The molecule has 0 atom stereocenters. The lowest BCUT2D eigenvalue weighted by atomic mass is 10.0. The number of carbonyl (C=O) groups excluding carboxylic acids is 1. The van der Waals surface area contributed by atoms with Crippen molar-refractivity contribution in [2.24, 2.45) is 0 Å². The van der Waals surface area contributed by atoms with Crippen molar-refractivity contribution in [3.8, 4) is 0 Å². The number of hydrogen-bond donors (Lipinski definition) is 2. The second kappa shape index (κ2) is 7.04. The molecule has 0 aliphatic carbocycles. The molecule has 0 unspecified atom stereocenters. The first kappa shape index (κ1) is 16.9. The number of amides is 1. The zero-order valence-corrected chi connectivity index (χ0v) is 12.8. The van der Waals surface area contributed by atoms with Crippen LogP contribution < -0.4 is 5.32 Å². The van der Waals surface area contributed by atoms with Crippen molar-refractivity contribution < 1.29 is 19.4 Å². The molecule has 114 valence electrons. The van der Waals surface area contributed by atoms with Gasteiger partial charge in [0.1, 0.15) is 0 Å². The standard InChI is InChI=1S/C16H21NO4/c1-11-9-13(7-5-12(11)6-8-15(19)20)17-14(18)10-16(2,3)21-4/h5-9H,10H2,1-4H3,(H,17,18)(H,19,20)/b8-6+. The van der Waals surface area contributed by atoms with Crippen LogP contribution in [0, 0.1) is 6.92 Å². The Labute approximate surface area is 124 Å². The molecule has 0 saturated carbocycles. The highest BCUT2D eigenvalue weighted by molar-refractivity contribution is 5.92. The van der Waals surface area contributed by atoms with Crippen LogP contribution in [0.3, 0.4) is 0 Å². The first-order valence-corrected chi connectivity index (χ1v) is 6.60. The second-order valence-corrected chi connectivity index (χ2v) is 5.43. The average molecular weight is 291 g/mol. The third kappa shape index (κ3) is 5.79. The first-order valence-electron chi connectivity index (χ1n) is 6.60. The molecule has 1 amide bonds. The van der Waals surface area contributed by atoms with Crippen LogP contribution in [0.25, 0.3) is 6.08 Å². The molecule has 0 bridgehead atoms. The molecule has 0 fully saturated rings. The van der Waals surface area contributed by atoms with Gasteiger partial charge in [0.15, 0.2) is 0 Å². The van der Waals surface area contributed by atoms with Gasteiger partial charge in [-0.3, -0.25) is 4.79 Å². The topological polar surface area (TPSA) is 75.6 Å². The molecule has 5 nitrogen and oxygen atoms in total. The lowest BCUT2D eigenvalue weighted by Gasteiger charge is -2.22. The fourth-order valence-electron chi connectivity index (χ4n) is 1.77. The number of benzene rings is 1. The van der Waals surface area contributed by atoms with Gasteiger partial charge in [-0.2, -0.15) is 0 Å². The Morgan fingerprint density at radius 2 is 2.05 bits per heavy atom. The quantitative estimate of drug-likeness (QED) is 0.790. The molecule has 0 aliphatic heterocycles. The van der Waals surface area contributed by atoms with Crippen molar-refractivity contribution in [1.29, 1.82) is 0 Å². The average Bonchev–Trinajstić information content (AvgIpc) is 2.36. The summed E-state index contributed by atoms with van der Waals surface area (Å²) >= 11 is 0. The Hall–Kier alpha value is -2.14. The van der Waals surface area contributed by atoms with Crippen LogP contribution in [0.5, 0.6) is 0 Å². The number of methoxy groups -OCH3 is 1. The van der Waals surface area contributed by atoms with Gasteiger partial charge < -0.3 is 15.2 Å². The minimum atomic E-state index is -0.992. The number of hydrogen-bond acceptors (Lipinski definition) is 3. The van der Waals surface area contributed by atoms with Gasteiger partial charge in [-0.1, -0.05) is 6.07 Å². The highest BCUT2D eigenvalue weighted by atomic mass is 16.5. The Kier molecular flexibility index (Phi) is 5.67. The van der Waals surface area contributed by atoms with Gasteiger partial charge in [-0.25, -0.2) is 4.79 Å². The maximum absolute atomic E-state index is 11.9. The van der Waals surface area contributed by atoms with E-state index >= 15 is 0 Å². The number of nitrogens with one attached hydrogen (secondary N) is 1. The van der Waals surface area contributed by atoms with Crippen LogP contribution >= 0.6 is 0 Å². The van der Waals surface area contributed by atoms with Gasteiger partial charge in [0, 0.05) is 18.9 Å². The van der Waals surface area contributed by atoms with E-state index in [1.165, 1.54) is 6.08 Å². The van der Waals surface area contributed by atoms with Gasteiger partial charge in [-0.05, 0) is 50.1 Å². The highest BCUT2D eigenvalue weighted by Crippen LogP contribution is 2.18. The number of rotatable bonds is 6. The number of aliphatic carboxylic acids is 1. The van der Waals surface area contributed by atoms with E-state index in [2.05, 4.69) is 5.32 Å². The fourth-order valence-corrected chi connectivity index (χ4v) is 1.77. The van der Waals surface area contributed by atoms with Gasteiger partial charge >= 0.3 is 5.97 Å². The number of ether oxygens (including phenoxy) is 1. The minimum absolute atomic E-state index is 0.130. The second-order valence-electron chi connectivity index (χ2n) is 5.43. The molecule has 1 aromatic rings. The molecule has 1 rings (SSSR count). The molecule has 0 heterocycles. The summed E-state index contributed by atoms with van der Waals surface area (Å²) in [4.78, 5) is 22.4. The molecular formula is C16H21NO4. The van der Waals surface area contributed by atoms with Crippen molar-refractivity contribution in [1.82, 2.24) is 0 Å².